The Morgan fingerprint density at radius 1 is 1.45 bits per heavy atom. The Labute approximate surface area is 118 Å². The Morgan fingerprint density at radius 3 is 2.80 bits per heavy atom. The molecule has 2 aliphatic rings. The molecule has 0 N–H and O–H groups in total. The maximum absolute atomic E-state index is 9.93. The van der Waals surface area contributed by atoms with Gasteiger partial charge in [-0.2, -0.15) is 0 Å². The number of likely N-dealkylation sites (tertiary alicyclic amines) is 1. The fourth-order valence-corrected chi connectivity index (χ4v) is 2.14. The van der Waals surface area contributed by atoms with Crippen LogP contribution in [0.25, 0.3) is 0 Å². The Balaban J connectivity index is 0.000000178. The van der Waals surface area contributed by atoms with Crippen LogP contribution in [0.15, 0.2) is 23.3 Å². The molecule has 0 bridgehead atoms. The van der Waals surface area contributed by atoms with Crippen molar-refractivity contribution in [2.45, 2.75) is 18.9 Å². The molecule has 20 heavy (non-hydrogen) atoms. The molecule has 1 aromatic heterocycles. The van der Waals surface area contributed by atoms with Gasteiger partial charge in [0.05, 0.1) is 19.2 Å². The summed E-state index contributed by atoms with van der Waals surface area (Å²) >= 11 is 0. The molecule has 1 unspecified atom stereocenters. The van der Waals surface area contributed by atoms with E-state index in [0.717, 1.165) is 25.1 Å². The highest BCUT2D eigenvalue weighted by atomic mass is 16.5. The molecule has 1 aromatic rings. The minimum atomic E-state index is -0.0383. The first kappa shape index (κ1) is 14.3. The lowest BCUT2D eigenvalue weighted by Crippen LogP contribution is -2.15. The number of ether oxygens (including phenoxy) is 2. The largest absolute Gasteiger partial charge is 0.481 e. The van der Waals surface area contributed by atoms with Gasteiger partial charge in [-0.05, 0) is 25.0 Å². The van der Waals surface area contributed by atoms with E-state index in [4.69, 9.17) is 9.47 Å². The van der Waals surface area contributed by atoms with Crippen LogP contribution in [-0.2, 0) is 9.53 Å². The number of hydrogen-bond acceptors (Lipinski definition) is 5. The van der Waals surface area contributed by atoms with Crippen molar-refractivity contribution >= 4 is 12.8 Å². The van der Waals surface area contributed by atoms with E-state index in [1.54, 1.807) is 18.2 Å². The third kappa shape index (κ3) is 3.69. The first-order valence-corrected chi connectivity index (χ1v) is 6.67. The van der Waals surface area contributed by atoms with Crippen LogP contribution in [0.5, 0.6) is 5.88 Å². The summed E-state index contributed by atoms with van der Waals surface area (Å²) in [5.74, 6) is 0.609. The zero-order valence-corrected chi connectivity index (χ0v) is 11.6. The molecule has 1 fully saturated rings. The third-order valence-electron chi connectivity index (χ3n) is 3.20. The molecule has 6 heteroatoms. The maximum atomic E-state index is 9.93. The molecule has 0 radical (unpaired) electrons. The number of carbonyl (C=O) groups is 1. The first-order chi connectivity index (χ1) is 9.85. The summed E-state index contributed by atoms with van der Waals surface area (Å²) < 4.78 is 10.4. The molecule has 2 aliphatic heterocycles. The minimum Gasteiger partial charge on any atom is -0.481 e. The second-order valence-corrected chi connectivity index (χ2v) is 4.55. The molecule has 1 amide bonds. The van der Waals surface area contributed by atoms with Crippen molar-refractivity contribution in [1.82, 2.24) is 9.88 Å². The molecule has 3 heterocycles. The zero-order chi connectivity index (χ0) is 14.2. The van der Waals surface area contributed by atoms with Crippen LogP contribution in [0.3, 0.4) is 0 Å². The van der Waals surface area contributed by atoms with Crippen LogP contribution >= 0.6 is 0 Å². The summed E-state index contributed by atoms with van der Waals surface area (Å²) in [6, 6.07) is 3.80. The lowest BCUT2D eigenvalue weighted by atomic mass is 10.1. The Morgan fingerprint density at radius 2 is 2.25 bits per heavy atom. The molecule has 3 rings (SSSR count). The summed E-state index contributed by atoms with van der Waals surface area (Å²) in [6.45, 7) is 2.59. The fraction of sp³-hybridized carbons (Fsp3) is 0.500. The van der Waals surface area contributed by atoms with E-state index in [9.17, 15) is 4.79 Å². The van der Waals surface area contributed by atoms with Gasteiger partial charge in [-0.25, -0.2) is 4.98 Å². The summed E-state index contributed by atoms with van der Waals surface area (Å²) in [6.07, 6.45) is 6.43. The second kappa shape index (κ2) is 7.47. The number of aromatic nitrogens is 1. The van der Waals surface area contributed by atoms with Gasteiger partial charge in [0.25, 0.3) is 0 Å². The SMILES string of the molecule is COc1ncccc1C1CN=CO1.O=CN1CCCC1. The lowest BCUT2D eigenvalue weighted by Gasteiger charge is -2.11. The number of amides is 1. The van der Waals surface area contributed by atoms with Gasteiger partial charge in [-0.1, -0.05) is 0 Å². The van der Waals surface area contributed by atoms with Crippen LogP contribution in [0.4, 0.5) is 0 Å². The van der Waals surface area contributed by atoms with E-state index in [-0.39, 0.29) is 6.10 Å². The molecule has 1 saturated heterocycles. The summed E-state index contributed by atoms with van der Waals surface area (Å²) in [5, 5.41) is 0. The smallest absolute Gasteiger partial charge is 0.220 e. The van der Waals surface area contributed by atoms with Crippen molar-refractivity contribution in [3.05, 3.63) is 23.9 Å². The van der Waals surface area contributed by atoms with E-state index < -0.39 is 0 Å². The number of carbonyl (C=O) groups excluding carboxylic acids is 1. The van der Waals surface area contributed by atoms with Gasteiger partial charge < -0.3 is 14.4 Å². The topological polar surface area (TPSA) is 64.0 Å². The number of methoxy groups -OCH3 is 1. The van der Waals surface area contributed by atoms with E-state index in [1.165, 1.54) is 19.2 Å². The predicted octanol–water partition coefficient (Wildman–Crippen LogP) is 1.43. The summed E-state index contributed by atoms with van der Waals surface area (Å²) in [7, 11) is 1.60. The summed E-state index contributed by atoms with van der Waals surface area (Å²) in [5.41, 5.74) is 0.947. The number of rotatable bonds is 3. The quantitative estimate of drug-likeness (QED) is 0.784. The average Bonchev–Trinajstić information content (AvgIpc) is 3.20. The van der Waals surface area contributed by atoms with E-state index in [2.05, 4.69) is 9.98 Å². The summed E-state index contributed by atoms with van der Waals surface area (Å²) in [4.78, 5) is 19.8. The standard InChI is InChI=1S/C9H10N2O2.C5H9NO/c1-12-9-7(3-2-4-11-9)8-5-10-6-13-8;7-5-6-3-1-2-4-6/h2-4,6,8H,5H2,1H3;5H,1-4H2. The Hall–Kier alpha value is -2.11. The normalized spacial score (nSPS) is 20.1. The third-order valence-corrected chi connectivity index (χ3v) is 3.20. The highest BCUT2D eigenvalue weighted by molar-refractivity contribution is 5.50. The monoisotopic (exact) mass is 277 g/mol. The van der Waals surface area contributed by atoms with Crippen molar-refractivity contribution in [2.75, 3.05) is 26.7 Å². The molecular formula is C14H19N3O3. The van der Waals surface area contributed by atoms with E-state index >= 15 is 0 Å². The zero-order valence-electron chi connectivity index (χ0n) is 11.6. The molecular weight excluding hydrogens is 258 g/mol. The van der Waals surface area contributed by atoms with Crippen molar-refractivity contribution in [3.8, 4) is 5.88 Å². The molecule has 1 atom stereocenters. The number of pyridine rings is 1. The maximum Gasteiger partial charge on any atom is 0.220 e. The van der Waals surface area contributed by atoms with Gasteiger partial charge in [0.1, 0.15) is 6.10 Å². The van der Waals surface area contributed by atoms with Gasteiger partial charge >= 0.3 is 0 Å². The van der Waals surface area contributed by atoms with Gasteiger partial charge in [-0.15, -0.1) is 0 Å². The molecule has 0 aliphatic carbocycles. The van der Waals surface area contributed by atoms with Gasteiger partial charge in [-0.3, -0.25) is 9.79 Å². The molecule has 6 nitrogen and oxygen atoms in total. The highest BCUT2D eigenvalue weighted by Crippen LogP contribution is 2.26. The average molecular weight is 277 g/mol. The van der Waals surface area contributed by atoms with E-state index in [1.807, 2.05) is 12.1 Å². The fourth-order valence-electron chi connectivity index (χ4n) is 2.14. The molecule has 108 valence electrons. The van der Waals surface area contributed by atoms with Crippen molar-refractivity contribution in [2.24, 2.45) is 4.99 Å². The van der Waals surface area contributed by atoms with Crippen LogP contribution in [-0.4, -0.2) is 49.4 Å². The van der Waals surface area contributed by atoms with Crippen molar-refractivity contribution in [3.63, 3.8) is 0 Å². The van der Waals surface area contributed by atoms with Crippen LogP contribution in [0.2, 0.25) is 0 Å². The second-order valence-electron chi connectivity index (χ2n) is 4.55. The lowest BCUT2D eigenvalue weighted by molar-refractivity contribution is -0.117. The minimum absolute atomic E-state index is 0.0383. The van der Waals surface area contributed by atoms with Gasteiger partial charge in [0.15, 0.2) is 6.40 Å². The molecule has 0 saturated carbocycles. The van der Waals surface area contributed by atoms with Gasteiger partial charge in [0.2, 0.25) is 12.3 Å². The number of nitrogens with zero attached hydrogens (tertiary/aromatic N) is 3. The predicted molar refractivity (Wildman–Crippen MR) is 74.8 cm³/mol. The van der Waals surface area contributed by atoms with Crippen LogP contribution in [0.1, 0.15) is 24.5 Å². The van der Waals surface area contributed by atoms with Crippen LogP contribution in [0, 0.1) is 0 Å². The Bertz CT molecular complexity index is 451. The van der Waals surface area contributed by atoms with Gasteiger partial charge in [0, 0.05) is 19.3 Å². The number of aliphatic imine (C=N–C) groups is 1. The highest BCUT2D eigenvalue weighted by Gasteiger charge is 2.19. The van der Waals surface area contributed by atoms with Crippen molar-refractivity contribution < 1.29 is 14.3 Å². The molecule has 0 aromatic carbocycles. The van der Waals surface area contributed by atoms with Crippen molar-refractivity contribution in [1.29, 1.82) is 0 Å². The van der Waals surface area contributed by atoms with Crippen LogP contribution < -0.4 is 4.74 Å². The van der Waals surface area contributed by atoms with E-state index in [0.29, 0.717) is 12.4 Å². The number of hydrogen-bond donors (Lipinski definition) is 0. The Kier molecular flexibility index (Phi) is 5.34. The molecule has 0 spiro atoms. The first-order valence-electron chi connectivity index (χ1n) is 6.67.